The molecule has 0 spiro atoms. The van der Waals surface area contributed by atoms with Gasteiger partial charge in [-0.2, -0.15) is 0 Å². The van der Waals surface area contributed by atoms with E-state index in [2.05, 4.69) is 52.0 Å². The van der Waals surface area contributed by atoms with E-state index < -0.39 is 0 Å². The van der Waals surface area contributed by atoms with E-state index in [1.165, 1.54) is 5.56 Å². The molecule has 3 nitrogen and oxygen atoms in total. The summed E-state index contributed by atoms with van der Waals surface area (Å²) >= 11 is 3.50. The van der Waals surface area contributed by atoms with Crippen molar-refractivity contribution in [2.24, 2.45) is 11.7 Å². The smallest absolute Gasteiger partial charge is 0.233 e. The van der Waals surface area contributed by atoms with Crippen molar-refractivity contribution >= 4 is 21.8 Å². The first-order valence-corrected chi connectivity index (χ1v) is 9.63. The lowest BCUT2D eigenvalue weighted by Crippen LogP contribution is -2.51. The quantitative estimate of drug-likeness (QED) is 0.867. The molecule has 2 aliphatic rings. The molecule has 1 amide bonds. The van der Waals surface area contributed by atoms with Crippen molar-refractivity contribution in [2.45, 2.75) is 56.9 Å². The Morgan fingerprint density at radius 3 is 2.52 bits per heavy atom. The summed E-state index contributed by atoms with van der Waals surface area (Å²) in [5.41, 5.74) is 6.98. The minimum atomic E-state index is -0.305. The molecule has 2 atom stereocenters. The highest BCUT2D eigenvalue weighted by atomic mass is 79.9. The molecule has 1 saturated heterocycles. The van der Waals surface area contributed by atoms with E-state index in [9.17, 15) is 4.79 Å². The lowest BCUT2D eigenvalue weighted by atomic mass is 9.76. The third-order valence-corrected chi connectivity index (χ3v) is 6.28. The lowest BCUT2D eigenvalue weighted by Gasteiger charge is -2.40. The molecule has 1 aliphatic heterocycles. The largest absolute Gasteiger partial charge is 0.342 e. The van der Waals surface area contributed by atoms with Crippen LogP contribution in [-0.2, 0) is 10.2 Å². The maximum Gasteiger partial charge on any atom is 0.233 e. The molecule has 1 saturated carbocycles. The molecule has 2 fully saturated rings. The zero-order valence-corrected chi connectivity index (χ0v) is 15.5. The fraction of sp³-hybridized carbons (Fsp3) is 0.632. The number of benzene rings is 1. The molecule has 4 heteroatoms. The second kappa shape index (κ2) is 6.94. The number of carbonyl (C=O) groups is 1. The number of halogens is 1. The van der Waals surface area contributed by atoms with Crippen molar-refractivity contribution in [3.8, 4) is 0 Å². The predicted octanol–water partition coefficient (Wildman–Crippen LogP) is 3.85. The molecule has 23 heavy (non-hydrogen) atoms. The van der Waals surface area contributed by atoms with E-state index in [0.29, 0.717) is 11.8 Å². The van der Waals surface area contributed by atoms with E-state index in [0.717, 1.165) is 56.1 Å². The minimum absolute atomic E-state index is 0.165. The molecule has 2 unspecified atom stereocenters. The molecule has 1 aromatic carbocycles. The number of hydrogen-bond acceptors (Lipinski definition) is 2. The summed E-state index contributed by atoms with van der Waals surface area (Å²) in [4.78, 5) is 15.6. The molecule has 1 aromatic rings. The standard InChI is InChI=1S/C19H27BrN2O/c1-14(21)15-5-4-12-22(13-15)18(23)19(10-2-3-11-19)16-6-8-17(20)9-7-16/h6-9,14-15H,2-5,10-13,21H2,1H3. The average Bonchev–Trinajstić information content (AvgIpc) is 3.06. The van der Waals surface area contributed by atoms with Crippen LogP contribution >= 0.6 is 15.9 Å². The van der Waals surface area contributed by atoms with Gasteiger partial charge in [-0.25, -0.2) is 0 Å². The third kappa shape index (κ3) is 3.34. The molecule has 1 aliphatic carbocycles. The summed E-state index contributed by atoms with van der Waals surface area (Å²) < 4.78 is 1.07. The zero-order chi connectivity index (χ0) is 16.4. The molecule has 0 radical (unpaired) electrons. The maximum absolute atomic E-state index is 13.4. The highest BCUT2D eigenvalue weighted by molar-refractivity contribution is 9.10. The first kappa shape index (κ1) is 17.0. The van der Waals surface area contributed by atoms with Crippen LogP contribution in [0, 0.1) is 5.92 Å². The summed E-state index contributed by atoms with van der Waals surface area (Å²) in [6.07, 6.45) is 6.47. The number of nitrogens with zero attached hydrogens (tertiary/aromatic N) is 1. The number of carbonyl (C=O) groups excluding carboxylic acids is 1. The Morgan fingerprint density at radius 2 is 1.91 bits per heavy atom. The molecule has 3 rings (SSSR count). The van der Waals surface area contributed by atoms with Crippen molar-refractivity contribution in [1.29, 1.82) is 0 Å². The first-order chi connectivity index (χ1) is 11.0. The van der Waals surface area contributed by atoms with Crippen molar-refractivity contribution in [3.63, 3.8) is 0 Å². The van der Waals surface area contributed by atoms with E-state index >= 15 is 0 Å². The van der Waals surface area contributed by atoms with Crippen molar-refractivity contribution < 1.29 is 4.79 Å². The first-order valence-electron chi connectivity index (χ1n) is 8.84. The van der Waals surface area contributed by atoms with Crippen LogP contribution in [0.15, 0.2) is 28.7 Å². The Balaban J connectivity index is 1.86. The van der Waals surface area contributed by atoms with Crippen LogP contribution in [0.3, 0.4) is 0 Å². The molecule has 1 heterocycles. The van der Waals surface area contributed by atoms with Crippen molar-refractivity contribution in [3.05, 3.63) is 34.3 Å². The normalized spacial score (nSPS) is 25.3. The van der Waals surface area contributed by atoms with Crippen molar-refractivity contribution in [1.82, 2.24) is 4.90 Å². The SMILES string of the molecule is CC(N)C1CCCN(C(=O)C2(c3ccc(Br)cc3)CCCC2)C1. The Morgan fingerprint density at radius 1 is 1.26 bits per heavy atom. The summed E-state index contributed by atoms with van der Waals surface area (Å²) in [6.45, 7) is 3.79. The monoisotopic (exact) mass is 378 g/mol. The number of nitrogens with two attached hydrogens (primary N) is 1. The minimum Gasteiger partial charge on any atom is -0.342 e. The molecule has 0 aromatic heterocycles. The Bertz CT molecular complexity index is 549. The zero-order valence-electron chi connectivity index (χ0n) is 13.9. The topological polar surface area (TPSA) is 46.3 Å². The van der Waals surface area contributed by atoms with E-state index in [1.54, 1.807) is 0 Å². The molecular formula is C19H27BrN2O. The van der Waals surface area contributed by atoms with Gasteiger partial charge in [-0.15, -0.1) is 0 Å². The van der Waals surface area contributed by atoms with Gasteiger partial charge in [0.1, 0.15) is 0 Å². The molecular weight excluding hydrogens is 352 g/mol. The number of amides is 1. The number of piperidine rings is 1. The van der Waals surface area contributed by atoms with E-state index in [-0.39, 0.29) is 11.5 Å². The maximum atomic E-state index is 13.4. The third-order valence-electron chi connectivity index (χ3n) is 5.75. The van der Waals surface area contributed by atoms with Gasteiger partial charge in [0.05, 0.1) is 5.41 Å². The van der Waals surface area contributed by atoms with Crippen LogP contribution < -0.4 is 5.73 Å². The van der Waals surface area contributed by atoms with Gasteiger partial charge in [0, 0.05) is 23.6 Å². The summed E-state index contributed by atoms with van der Waals surface area (Å²) in [7, 11) is 0. The highest BCUT2D eigenvalue weighted by Gasteiger charge is 2.45. The highest BCUT2D eigenvalue weighted by Crippen LogP contribution is 2.43. The van der Waals surface area contributed by atoms with Gasteiger partial charge in [0.25, 0.3) is 0 Å². The second-order valence-corrected chi connectivity index (χ2v) is 8.22. The average molecular weight is 379 g/mol. The number of likely N-dealkylation sites (tertiary alicyclic amines) is 1. The fourth-order valence-electron chi connectivity index (χ4n) is 4.30. The van der Waals surface area contributed by atoms with Crippen LogP contribution in [0.1, 0.15) is 51.0 Å². The fourth-order valence-corrected chi connectivity index (χ4v) is 4.56. The van der Waals surface area contributed by atoms with E-state index in [4.69, 9.17) is 5.73 Å². The van der Waals surface area contributed by atoms with Crippen molar-refractivity contribution in [2.75, 3.05) is 13.1 Å². The van der Waals surface area contributed by atoms with Gasteiger partial charge < -0.3 is 10.6 Å². The molecule has 2 N–H and O–H groups in total. The van der Waals surface area contributed by atoms with Crippen LogP contribution in [0.4, 0.5) is 0 Å². The van der Waals surface area contributed by atoms with Gasteiger partial charge in [-0.3, -0.25) is 4.79 Å². The Kier molecular flexibility index (Phi) is 5.12. The van der Waals surface area contributed by atoms with Gasteiger partial charge >= 0.3 is 0 Å². The summed E-state index contributed by atoms with van der Waals surface area (Å²) in [5, 5.41) is 0. The van der Waals surface area contributed by atoms with Crippen LogP contribution in [0.2, 0.25) is 0 Å². The van der Waals surface area contributed by atoms with Gasteiger partial charge in [0.15, 0.2) is 0 Å². The Labute approximate surface area is 147 Å². The predicted molar refractivity (Wildman–Crippen MR) is 97.2 cm³/mol. The molecule has 0 bridgehead atoms. The molecule has 126 valence electrons. The lowest BCUT2D eigenvalue weighted by molar-refractivity contribution is -0.139. The van der Waals surface area contributed by atoms with Crippen LogP contribution in [0.25, 0.3) is 0 Å². The number of hydrogen-bond donors (Lipinski definition) is 1. The van der Waals surface area contributed by atoms with Crippen LogP contribution in [0.5, 0.6) is 0 Å². The van der Waals surface area contributed by atoms with Crippen LogP contribution in [-0.4, -0.2) is 29.9 Å². The summed E-state index contributed by atoms with van der Waals surface area (Å²) in [6, 6.07) is 8.53. The van der Waals surface area contributed by atoms with Gasteiger partial charge in [-0.1, -0.05) is 40.9 Å². The second-order valence-electron chi connectivity index (χ2n) is 7.31. The summed E-state index contributed by atoms with van der Waals surface area (Å²) in [5.74, 6) is 0.777. The number of rotatable bonds is 3. The van der Waals surface area contributed by atoms with Gasteiger partial charge in [0.2, 0.25) is 5.91 Å². The van der Waals surface area contributed by atoms with E-state index in [1.807, 2.05) is 0 Å². The van der Waals surface area contributed by atoms with Gasteiger partial charge in [-0.05, 0) is 56.2 Å². The Hall–Kier alpha value is -0.870.